The lowest BCUT2D eigenvalue weighted by Crippen LogP contribution is -2.22. The molecule has 1 aromatic rings. The second kappa shape index (κ2) is 3.89. The van der Waals surface area contributed by atoms with E-state index in [2.05, 4.69) is 4.98 Å². The third-order valence-corrected chi connectivity index (χ3v) is 1.62. The van der Waals surface area contributed by atoms with Gasteiger partial charge in [-0.05, 0) is 0 Å². The number of H-pyrrole nitrogens is 1. The first kappa shape index (κ1) is 11.5. The van der Waals surface area contributed by atoms with Gasteiger partial charge < -0.3 is 15.2 Å². The van der Waals surface area contributed by atoms with E-state index in [1.165, 1.54) is 4.98 Å². The van der Waals surface area contributed by atoms with Gasteiger partial charge in [0, 0.05) is 13.0 Å². The Morgan fingerprint density at radius 1 is 1.40 bits per heavy atom. The quantitative estimate of drug-likeness (QED) is 0.661. The average Bonchev–Trinajstić information content (AvgIpc) is 2.09. The Morgan fingerprint density at radius 3 is 2.40 bits per heavy atom. The zero-order valence-corrected chi connectivity index (χ0v) is 7.30. The van der Waals surface area contributed by atoms with Gasteiger partial charge in [0.05, 0.1) is 5.56 Å². The minimum atomic E-state index is -4.83. The molecule has 0 spiro atoms. The molecular weight excluding hydrogens is 217 g/mol. The lowest BCUT2D eigenvalue weighted by atomic mass is 10.2. The maximum atomic E-state index is 12.1. The summed E-state index contributed by atoms with van der Waals surface area (Å²) in [6, 6.07) is 0. The molecule has 0 aliphatic rings. The standard InChI is InChI=1S/C7H7F3N2O3/c8-7(9,10)6-11-4(14)3(1-2-13)5(15)12-6/h13H,1-2H2,(H2,11,12,14,15). The van der Waals surface area contributed by atoms with Crippen LogP contribution in [0.4, 0.5) is 13.2 Å². The molecule has 0 atom stereocenters. The summed E-state index contributed by atoms with van der Waals surface area (Å²) in [5.41, 5.74) is -1.48. The van der Waals surface area contributed by atoms with Crippen molar-refractivity contribution in [1.82, 2.24) is 9.97 Å². The fourth-order valence-electron chi connectivity index (χ4n) is 0.957. The molecule has 0 aliphatic heterocycles. The lowest BCUT2D eigenvalue weighted by molar-refractivity contribution is -0.145. The number of hydrogen-bond donors (Lipinski definition) is 3. The van der Waals surface area contributed by atoms with Gasteiger partial charge in [0.2, 0.25) is 11.7 Å². The Balaban J connectivity index is 3.26. The van der Waals surface area contributed by atoms with Crippen LogP contribution in [0.5, 0.6) is 5.88 Å². The highest BCUT2D eigenvalue weighted by Crippen LogP contribution is 2.26. The number of aromatic hydroxyl groups is 1. The number of aliphatic hydroxyl groups is 1. The third kappa shape index (κ3) is 2.46. The number of alkyl halides is 3. The number of nitrogens with zero attached hydrogens (tertiary/aromatic N) is 1. The summed E-state index contributed by atoms with van der Waals surface area (Å²) in [5.74, 6) is -2.58. The first-order valence-corrected chi connectivity index (χ1v) is 3.86. The molecule has 0 bridgehead atoms. The first-order chi connectivity index (χ1) is 6.86. The van der Waals surface area contributed by atoms with Crippen molar-refractivity contribution in [3.8, 4) is 5.88 Å². The van der Waals surface area contributed by atoms with Crippen LogP contribution in [0, 0.1) is 0 Å². The van der Waals surface area contributed by atoms with E-state index in [-0.39, 0.29) is 12.0 Å². The van der Waals surface area contributed by atoms with Crippen LogP contribution in [0.25, 0.3) is 0 Å². The van der Waals surface area contributed by atoms with Crippen LogP contribution in [0.3, 0.4) is 0 Å². The van der Waals surface area contributed by atoms with Crippen LogP contribution in [-0.4, -0.2) is 26.8 Å². The van der Waals surface area contributed by atoms with Crippen LogP contribution < -0.4 is 5.56 Å². The zero-order valence-electron chi connectivity index (χ0n) is 7.30. The Morgan fingerprint density at radius 2 is 2.00 bits per heavy atom. The van der Waals surface area contributed by atoms with Gasteiger partial charge in [-0.3, -0.25) is 4.79 Å². The monoisotopic (exact) mass is 224 g/mol. The topological polar surface area (TPSA) is 86.2 Å². The van der Waals surface area contributed by atoms with Gasteiger partial charge in [-0.2, -0.15) is 18.2 Å². The normalized spacial score (nSPS) is 11.7. The van der Waals surface area contributed by atoms with Crippen molar-refractivity contribution in [2.45, 2.75) is 12.6 Å². The highest BCUT2D eigenvalue weighted by molar-refractivity contribution is 5.23. The summed E-state index contributed by atoms with van der Waals surface area (Å²) >= 11 is 0. The molecule has 15 heavy (non-hydrogen) atoms. The molecule has 0 saturated carbocycles. The second-order valence-electron chi connectivity index (χ2n) is 2.69. The van der Waals surface area contributed by atoms with Gasteiger partial charge in [0.1, 0.15) is 0 Å². The van der Waals surface area contributed by atoms with Crippen molar-refractivity contribution in [2.75, 3.05) is 6.61 Å². The molecule has 3 N–H and O–H groups in total. The van der Waals surface area contributed by atoms with E-state index in [0.717, 1.165) is 0 Å². The predicted molar refractivity (Wildman–Crippen MR) is 42.3 cm³/mol. The Hall–Kier alpha value is -1.57. The first-order valence-electron chi connectivity index (χ1n) is 3.86. The van der Waals surface area contributed by atoms with Crippen molar-refractivity contribution in [1.29, 1.82) is 0 Å². The molecule has 0 aromatic carbocycles. The molecule has 0 radical (unpaired) electrons. The van der Waals surface area contributed by atoms with Crippen molar-refractivity contribution in [3.63, 3.8) is 0 Å². The summed E-state index contributed by atoms with van der Waals surface area (Å²) < 4.78 is 36.2. The summed E-state index contributed by atoms with van der Waals surface area (Å²) in [4.78, 5) is 15.3. The molecule has 0 saturated heterocycles. The maximum absolute atomic E-state index is 12.1. The number of aromatic amines is 1. The maximum Gasteiger partial charge on any atom is 0.449 e. The van der Waals surface area contributed by atoms with E-state index in [1.807, 2.05) is 0 Å². The number of rotatable bonds is 2. The average molecular weight is 224 g/mol. The minimum absolute atomic E-state index is 0.258. The molecule has 0 aliphatic carbocycles. The Kier molecular flexibility index (Phi) is 2.98. The summed E-state index contributed by atoms with van der Waals surface area (Å²) in [7, 11) is 0. The molecule has 1 aromatic heterocycles. The van der Waals surface area contributed by atoms with Gasteiger partial charge in [0.25, 0.3) is 5.56 Å². The molecule has 1 heterocycles. The summed E-state index contributed by atoms with van der Waals surface area (Å²) in [6.07, 6.45) is -5.08. The lowest BCUT2D eigenvalue weighted by Gasteiger charge is -2.07. The van der Waals surface area contributed by atoms with Crippen molar-refractivity contribution in [2.24, 2.45) is 0 Å². The Bertz CT molecular complexity index is 413. The molecule has 0 amide bonds. The van der Waals surface area contributed by atoms with Crippen molar-refractivity contribution < 1.29 is 23.4 Å². The molecular formula is C7H7F3N2O3. The molecule has 0 unspecified atom stereocenters. The van der Waals surface area contributed by atoms with E-state index in [4.69, 9.17) is 10.2 Å². The third-order valence-electron chi connectivity index (χ3n) is 1.62. The van der Waals surface area contributed by atoms with Gasteiger partial charge in [-0.15, -0.1) is 0 Å². The number of aliphatic hydroxyl groups excluding tert-OH is 1. The number of hydrogen-bond acceptors (Lipinski definition) is 4. The van der Waals surface area contributed by atoms with Gasteiger partial charge >= 0.3 is 6.18 Å². The van der Waals surface area contributed by atoms with E-state index >= 15 is 0 Å². The molecule has 0 fully saturated rings. The molecule has 8 heteroatoms. The number of nitrogens with one attached hydrogen (secondary N) is 1. The van der Waals surface area contributed by atoms with E-state index in [0.29, 0.717) is 0 Å². The second-order valence-corrected chi connectivity index (χ2v) is 2.69. The SMILES string of the molecule is O=c1[nH]c(C(F)(F)F)nc(O)c1CCO. The van der Waals surface area contributed by atoms with Crippen molar-refractivity contribution >= 4 is 0 Å². The van der Waals surface area contributed by atoms with Gasteiger partial charge in [-0.1, -0.05) is 0 Å². The smallest absolute Gasteiger partial charge is 0.449 e. The minimum Gasteiger partial charge on any atom is -0.493 e. The zero-order chi connectivity index (χ0) is 11.6. The predicted octanol–water partition coefficient (Wildman–Crippen LogP) is 0.0291. The molecule has 1 rings (SSSR count). The number of aromatic nitrogens is 2. The van der Waals surface area contributed by atoms with E-state index in [9.17, 15) is 18.0 Å². The van der Waals surface area contributed by atoms with E-state index < -0.39 is 30.0 Å². The van der Waals surface area contributed by atoms with Crippen LogP contribution >= 0.6 is 0 Å². The van der Waals surface area contributed by atoms with Crippen molar-refractivity contribution in [3.05, 3.63) is 21.7 Å². The van der Waals surface area contributed by atoms with E-state index in [1.54, 1.807) is 0 Å². The van der Waals surface area contributed by atoms with Gasteiger partial charge in [0.15, 0.2) is 0 Å². The van der Waals surface area contributed by atoms with Crippen LogP contribution in [0.2, 0.25) is 0 Å². The molecule has 84 valence electrons. The Labute approximate surface area is 81.2 Å². The highest BCUT2D eigenvalue weighted by Gasteiger charge is 2.35. The fourth-order valence-corrected chi connectivity index (χ4v) is 0.957. The van der Waals surface area contributed by atoms with Crippen LogP contribution in [0.1, 0.15) is 11.4 Å². The van der Waals surface area contributed by atoms with Crippen LogP contribution in [0.15, 0.2) is 4.79 Å². The highest BCUT2D eigenvalue weighted by atomic mass is 19.4. The van der Waals surface area contributed by atoms with Crippen LogP contribution in [-0.2, 0) is 12.6 Å². The number of halogens is 3. The summed E-state index contributed by atoms with van der Waals surface area (Å²) in [5, 5.41) is 17.5. The fraction of sp³-hybridized carbons (Fsp3) is 0.429. The molecule has 5 nitrogen and oxygen atoms in total. The summed E-state index contributed by atoms with van der Waals surface area (Å²) in [6.45, 7) is -0.469. The van der Waals surface area contributed by atoms with Gasteiger partial charge in [-0.25, -0.2) is 0 Å². The largest absolute Gasteiger partial charge is 0.493 e.